The van der Waals surface area contributed by atoms with Crippen molar-refractivity contribution in [2.24, 2.45) is 5.92 Å². The number of benzene rings is 1. The molecular weight excluding hydrogens is 352 g/mol. The van der Waals surface area contributed by atoms with Gasteiger partial charge in [-0.2, -0.15) is 0 Å². The van der Waals surface area contributed by atoms with Gasteiger partial charge in [0.25, 0.3) is 5.91 Å². The van der Waals surface area contributed by atoms with E-state index in [4.69, 9.17) is 4.74 Å². The molecule has 28 heavy (non-hydrogen) atoms. The summed E-state index contributed by atoms with van der Waals surface area (Å²) in [6, 6.07) is 7.34. The quantitative estimate of drug-likeness (QED) is 0.392. The summed E-state index contributed by atoms with van der Waals surface area (Å²) in [6.45, 7) is 8.13. The van der Waals surface area contributed by atoms with Crippen LogP contribution in [0.4, 0.5) is 5.69 Å². The molecule has 148 valence electrons. The molecule has 0 unspecified atom stereocenters. The number of fused-ring (bicyclic) bond motifs is 1. The van der Waals surface area contributed by atoms with Crippen LogP contribution < -0.4 is 10.1 Å². The minimum atomic E-state index is -0.192. The van der Waals surface area contributed by atoms with Crippen LogP contribution in [0, 0.1) is 19.8 Å². The molecule has 5 nitrogen and oxygen atoms in total. The summed E-state index contributed by atoms with van der Waals surface area (Å²) in [6.07, 6.45) is 5.41. The molecular formula is C23H28N2O3. The lowest BCUT2D eigenvalue weighted by molar-refractivity contribution is -0.139. The lowest BCUT2D eigenvalue weighted by Crippen LogP contribution is -2.20. The summed E-state index contributed by atoms with van der Waals surface area (Å²) >= 11 is 0. The molecule has 1 aliphatic heterocycles. The fraction of sp³-hybridized carbons (Fsp3) is 0.391. The maximum Gasteiger partial charge on any atom is 0.314 e. The molecule has 2 aromatic rings. The number of hydrogen-bond donors (Lipinski definition) is 2. The van der Waals surface area contributed by atoms with E-state index in [1.807, 2.05) is 26.0 Å². The number of hydrogen-bond acceptors (Lipinski definition) is 3. The van der Waals surface area contributed by atoms with Crippen molar-refractivity contribution >= 4 is 29.2 Å². The zero-order valence-corrected chi connectivity index (χ0v) is 17.0. The summed E-state index contributed by atoms with van der Waals surface area (Å²) in [7, 11) is 0. The predicted octanol–water partition coefficient (Wildman–Crippen LogP) is 5.25. The second-order valence-electron chi connectivity index (χ2n) is 7.46. The molecule has 0 fully saturated rings. The maximum atomic E-state index is 12.6. The van der Waals surface area contributed by atoms with Crippen LogP contribution in [0.1, 0.15) is 62.0 Å². The lowest BCUT2D eigenvalue weighted by Gasteiger charge is -2.14. The van der Waals surface area contributed by atoms with Gasteiger partial charge in [-0.05, 0) is 62.6 Å². The van der Waals surface area contributed by atoms with Crippen molar-refractivity contribution in [2.45, 2.75) is 53.4 Å². The first-order valence-electron chi connectivity index (χ1n) is 9.98. The molecule has 0 bridgehead atoms. The minimum absolute atomic E-state index is 0.0810. The van der Waals surface area contributed by atoms with Gasteiger partial charge >= 0.3 is 5.97 Å². The van der Waals surface area contributed by atoms with Crippen LogP contribution in [0.5, 0.6) is 5.75 Å². The van der Waals surface area contributed by atoms with E-state index in [2.05, 4.69) is 24.1 Å². The Morgan fingerprint density at radius 3 is 2.46 bits per heavy atom. The number of carbonyl (C=O) groups excluding carboxylic acids is 2. The first-order valence-corrected chi connectivity index (χ1v) is 9.98. The Bertz CT molecular complexity index is 918. The molecule has 0 atom stereocenters. The number of aromatic amines is 1. The minimum Gasteiger partial charge on any atom is -0.426 e. The Kier molecular flexibility index (Phi) is 6.02. The van der Waals surface area contributed by atoms with E-state index in [9.17, 15) is 9.59 Å². The summed E-state index contributed by atoms with van der Waals surface area (Å²) < 4.78 is 5.66. The second kappa shape index (κ2) is 8.46. The lowest BCUT2D eigenvalue weighted by atomic mass is 9.98. The molecule has 2 heterocycles. The number of H-pyrrole nitrogens is 1. The summed E-state index contributed by atoms with van der Waals surface area (Å²) in [4.78, 5) is 28.3. The average Bonchev–Trinajstić information content (AvgIpc) is 3.13. The SMILES string of the molecule is CCCC(CCC)C(=O)Oc1ccc2c(c1)/C(=C/c1[nH]c(C)cc1C)C(=O)N2. The molecule has 3 rings (SSSR count). The molecule has 0 radical (unpaired) electrons. The Hall–Kier alpha value is -2.82. The second-order valence-corrected chi connectivity index (χ2v) is 7.46. The molecule has 0 spiro atoms. The molecule has 2 N–H and O–H groups in total. The first-order chi connectivity index (χ1) is 13.4. The largest absolute Gasteiger partial charge is 0.426 e. The summed E-state index contributed by atoms with van der Waals surface area (Å²) in [5.41, 5.74) is 5.08. The van der Waals surface area contributed by atoms with Gasteiger partial charge in [0.2, 0.25) is 0 Å². The molecule has 1 aliphatic rings. The first kappa shape index (κ1) is 19.9. The van der Waals surface area contributed by atoms with Crippen molar-refractivity contribution in [2.75, 3.05) is 5.32 Å². The third kappa shape index (κ3) is 4.19. The zero-order chi connectivity index (χ0) is 20.3. The third-order valence-corrected chi connectivity index (χ3v) is 5.08. The maximum absolute atomic E-state index is 12.6. The summed E-state index contributed by atoms with van der Waals surface area (Å²) in [5.74, 6) is 0.0487. The van der Waals surface area contributed by atoms with Crippen LogP contribution in [0.25, 0.3) is 11.6 Å². The van der Waals surface area contributed by atoms with Gasteiger partial charge in [-0.3, -0.25) is 9.59 Å². The van der Waals surface area contributed by atoms with E-state index >= 15 is 0 Å². The van der Waals surface area contributed by atoms with E-state index in [0.29, 0.717) is 11.3 Å². The Balaban J connectivity index is 1.88. The number of aryl methyl sites for hydroxylation is 2. The molecule has 5 heteroatoms. The number of anilines is 1. The Morgan fingerprint density at radius 2 is 1.86 bits per heavy atom. The molecule has 0 saturated carbocycles. The number of rotatable bonds is 7. The van der Waals surface area contributed by atoms with Gasteiger partial charge in [0.1, 0.15) is 5.75 Å². The van der Waals surface area contributed by atoms with Crippen LogP contribution in [0.3, 0.4) is 0 Å². The van der Waals surface area contributed by atoms with Crippen LogP contribution in [-0.4, -0.2) is 16.9 Å². The molecule has 0 saturated heterocycles. The van der Waals surface area contributed by atoms with Gasteiger partial charge in [-0.25, -0.2) is 0 Å². The number of esters is 1. The molecule has 1 aromatic heterocycles. The van der Waals surface area contributed by atoms with Crippen molar-refractivity contribution in [3.8, 4) is 5.75 Å². The van der Waals surface area contributed by atoms with Crippen molar-refractivity contribution in [3.05, 3.63) is 46.8 Å². The fourth-order valence-electron chi connectivity index (χ4n) is 3.69. The highest BCUT2D eigenvalue weighted by Gasteiger charge is 2.26. The predicted molar refractivity (Wildman–Crippen MR) is 112 cm³/mol. The molecule has 0 aliphatic carbocycles. The van der Waals surface area contributed by atoms with Crippen molar-refractivity contribution < 1.29 is 14.3 Å². The Morgan fingerprint density at radius 1 is 1.14 bits per heavy atom. The van der Waals surface area contributed by atoms with Crippen LogP contribution >= 0.6 is 0 Å². The van der Waals surface area contributed by atoms with Crippen LogP contribution in [-0.2, 0) is 9.59 Å². The topological polar surface area (TPSA) is 71.2 Å². The van der Waals surface area contributed by atoms with Gasteiger partial charge in [-0.1, -0.05) is 26.7 Å². The normalized spacial score (nSPS) is 14.5. The van der Waals surface area contributed by atoms with E-state index in [-0.39, 0.29) is 17.8 Å². The van der Waals surface area contributed by atoms with Crippen LogP contribution in [0.2, 0.25) is 0 Å². The van der Waals surface area contributed by atoms with E-state index in [1.54, 1.807) is 18.2 Å². The van der Waals surface area contributed by atoms with E-state index in [1.165, 1.54) is 0 Å². The van der Waals surface area contributed by atoms with E-state index in [0.717, 1.165) is 53.9 Å². The summed E-state index contributed by atoms with van der Waals surface area (Å²) in [5, 5.41) is 2.88. The highest BCUT2D eigenvalue weighted by Crippen LogP contribution is 2.36. The van der Waals surface area contributed by atoms with Gasteiger partial charge < -0.3 is 15.0 Å². The molecule has 1 amide bonds. The van der Waals surface area contributed by atoms with Gasteiger partial charge in [0.15, 0.2) is 0 Å². The zero-order valence-electron chi connectivity index (χ0n) is 17.0. The van der Waals surface area contributed by atoms with Gasteiger partial charge in [0.05, 0.1) is 11.5 Å². The smallest absolute Gasteiger partial charge is 0.314 e. The highest BCUT2D eigenvalue weighted by molar-refractivity contribution is 6.35. The van der Waals surface area contributed by atoms with Crippen LogP contribution in [0.15, 0.2) is 24.3 Å². The molecule has 1 aromatic carbocycles. The van der Waals surface area contributed by atoms with Gasteiger partial charge in [0, 0.05) is 22.6 Å². The van der Waals surface area contributed by atoms with Gasteiger partial charge in [-0.15, -0.1) is 0 Å². The van der Waals surface area contributed by atoms with Crippen molar-refractivity contribution in [1.29, 1.82) is 0 Å². The van der Waals surface area contributed by atoms with E-state index < -0.39 is 0 Å². The third-order valence-electron chi connectivity index (χ3n) is 5.08. The number of carbonyl (C=O) groups is 2. The number of nitrogens with one attached hydrogen (secondary N) is 2. The highest BCUT2D eigenvalue weighted by atomic mass is 16.5. The number of aromatic nitrogens is 1. The fourth-order valence-corrected chi connectivity index (χ4v) is 3.69. The standard InChI is InChI=1S/C23H28N2O3/c1-5-7-16(8-6-2)23(27)28-17-9-10-20-18(12-17)19(22(26)25-20)13-21-14(3)11-15(4)24-21/h9-13,16,24H,5-8H2,1-4H3,(H,25,26)/b19-13-. The average molecular weight is 380 g/mol. The number of amides is 1. The van der Waals surface area contributed by atoms with Crippen molar-refractivity contribution in [3.63, 3.8) is 0 Å². The number of ether oxygens (including phenoxy) is 1. The van der Waals surface area contributed by atoms with Crippen molar-refractivity contribution in [1.82, 2.24) is 4.98 Å². The monoisotopic (exact) mass is 380 g/mol. The Labute approximate surface area is 166 Å².